The largest absolute Gasteiger partial charge is 0.425 e. The van der Waals surface area contributed by atoms with E-state index in [0.29, 0.717) is 19.0 Å². The highest BCUT2D eigenvalue weighted by atomic mass is 32.1. The number of rotatable bonds is 3. The number of nitrogens with zero attached hydrogens (tertiary/aromatic N) is 1. The van der Waals surface area contributed by atoms with Gasteiger partial charge in [0.1, 0.15) is 4.88 Å². The predicted octanol–water partition coefficient (Wildman–Crippen LogP) is 3.33. The van der Waals surface area contributed by atoms with E-state index in [-0.39, 0.29) is 6.04 Å². The highest BCUT2D eigenvalue weighted by Crippen LogP contribution is 2.35. The zero-order valence-corrected chi connectivity index (χ0v) is 11.7. The summed E-state index contributed by atoms with van der Waals surface area (Å²) >= 11 is 0.840. The van der Waals surface area contributed by atoms with E-state index in [1.54, 1.807) is 6.07 Å². The van der Waals surface area contributed by atoms with E-state index in [1.807, 2.05) is 0 Å². The lowest BCUT2D eigenvalue weighted by atomic mass is 9.91. The lowest BCUT2D eigenvalue weighted by molar-refractivity contribution is -0.134. The van der Waals surface area contributed by atoms with Crippen LogP contribution in [0.15, 0.2) is 12.1 Å². The topological polar surface area (TPSA) is 29.3 Å². The van der Waals surface area contributed by atoms with Crippen molar-refractivity contribution in [3.63, 3.8) is 0 Å². The molecule has 0 radical (unpaired) electrons. The average molecular weight is 292 g/mol. The van der Waals surface area contributed by atoms with Crippen LogP contribution >= 0.6 is 11.3 Å². The first-order valence-corrected chi connectivity index (χ1v) is 7.33. The van der Waals surface area contributed by atoms with E-state index in [0.717, 1.165) is 35.6 Å². The molecule has 0 saturated carbocycles. The van der Waals surface area contributed by atoms with Gasteiger partial charge in [0.2, 0.25) is 0 Å². The lowest BCUT2D eigenvalue weighted by Crippen LogP contribution is -2.47. The van der Waals surface area contributed by atoms with Gasteiger partial charge in [0, 0.05) is 24.0 Å². The summed E-state index contributed by atoms with van der Waals surface area (Å²) in [6.45, 7) is 4.23. The number of alkyl halides is 3. The molecule has 2 atom stereocenters. The van der Waals surface area contributed by atoms with Crippen molar-refractivity contribution >= 4 is 11.3 Å². The lowest BCUT2D eigenvalue weighted by Gasteiger charge is -2.39. The minimum absolute atomic E-state index is 0.283. The van der Waals surface area contributed by atoms with E-state index in [9.17, 15) is 13.2 Å². The first-order chi connectivity index (χ1) is 8.91. The Morgan fingerprint density at radius 1 is 1.42 bits per heavy atom. The van der Waals surface area contributed by atoms with Crippen molar-refractivity contribution in [2.75, 3.05) is 13.1 Å². The SMILES string of the molecule is CC1CCCN(Cc2ccc(C(F)(F)F)s2)C1CN. The number of halogens is 3. The Hall–Kier alpha value is -0.590. The first-order valence-electron chi connectivity index (χ1n) is 6.52. The molecule has 2 N–H and O–H groups in total. The summed E-state index contributed by atoms with van der Waals surface area (Å²) in [6.07, 6.45) is -1.99. The summed E-state index contributed by atoms with van der Waals surface area (Å²) in [5.41, 5.74) is 5.79. The second-order valence-electron chi connectivity index (χ2n) is 5.16. The van der Waals surface area contributed by atoms with Crippen molar-refractivity contribution in [3.8, 4) is 0 Å². The molecule has 1 fully saturated rings. The van der Waals surface area contributed by atoms with E-state index in [1.165, 1.54) is 6.07 Å². The van der Waals surface area contributed by atoms with Crippen LogP contribution in [0.5, 0.6) is 0 Å². The maximum absolute atomic E-state index is 12.6. The van der Waals surface area contributed by atoms with Crippen LogP contribution in [-0.2, 0) is 12.7 Å². The number of thiophene rings is 1. The van der Waals surface area contributed by atoms with E-state index < -0.39 is 11.1 Å². The van der Waals surface area contributed by atoms with Gasteiger partial charge in [-0.05, 0) is 37.4 Å². The minimum atomic E-state index is -4.23. The molecule has 0 bridgehead atoms. The van der Waals surface area contributed by atoms with E-state index in [4.69, 9.17) is 5.73 Å². The van der Waals surface area contributed by atoms with Crippen LogP contribution in [0, 0.1) is 5.92 Å². The number of hydrogen-bond donors (Lipinski definition) is 1. The Balaban J connectivity index is 2.05. The molecule has 1 aromatic heterocycles. The molecule has 0 aliphatic carbocycles. The standard InChI is InChI=1S/C13H19F3N2S/c1-9-3-2-6-18(11(9)7-17)8-10-4-5-12(19-10)13(14,15)16/h4-5,9,11H,2-3,6-8,17H2,1H3. The predicted molar refractivity (Wildman–Crippen MR) is 71.0 cm³/mol. The van der Waals surface area contributed by atoms with Crippen molar-refractivity contribution in [2.24, 2.45) is 11.7 Å². The summed E-state index contributed by atoms with van der Waals surface area (Å²) in [4.78, 5) is 2.47. The smallest absolute Gasteiger partial charge is 0.329 e. The molecule has 1 aliphatic heterocycles. The quantitative estimate of drug-likeness (QED) is 0.926. The molecule has 0 spiro atoms. The fraction of sp³-hybridized carbons (Fsp3) is 0.692. The van der Waals surface area contributed by atoms with E-state index in [2.05, 4.69) is 11.8 Å². The Bertz CT molecular complexity index is 416. The molecule has 6 heteroatoms. The third kappa shape index (κ3) is 3.49. The molecule has 108 valence electrons. The molecule has 0 amide bonds. The summed E-state index contributed by atoms with van der Waals surface area (Å²) in [5, 5.41) is 0. The summed E-state index contributed by atoms with van der Waals surface area (Å²) in [5.74, 6) is 0.515. The van der Waals surface area contributed by atoms with Gasteiger partial charge in [-0.2, -0.15) is 13.2 Å². The molecule has 2 rings (SSSR count). The van der Waals surface area contributed by atoms with Crippen LogP contribution < -0.4 is 5.73 Å². The summed E-state index contributed by atoms with van der Waals surface area (Å²) in [6, 6.07) is 3.04. The van der Waals surface area contributed by atoms with Crippen molar-refractivity contribution in [1.29, 1.82) is 0 Å². The Kier molecular flexibility index (Phi) is 4.53. The Morgan fingerprint density at radius 3 is 2.74 bits per heavy atom. The maximum atomic E-state index is 12.6. The van der Waals surface area contributed by atoms with Gasteiger partial charge in [0.15, 0.2) is 0 Å². The zero-order valence-electron chi connectivity index (χ0n) is 10.9. The number of likely N-dealkylation sites (tertiary alicyclic amines) is 1. The van der Waals surface area contributed by atoms with Crippen molar-refractivity contribution in [1.82, 2.24) is 4.90 Å². The molecule has 2 heterocycles. The minimum Gasteiger partial charge on any atom is -0.329 e. The van der Waals surface area contributed by atoms with Gasteiger partial charge in [-0.25, -0.2) is 0 Å². The van der Waals surface area contributed by atoms with Gasteiger partial charge in [-0.15, -0.1) is 11.3 Å². The fourth-order valence-corrected chi connectivity index (χ4v) is 3.63. The molecular formula is C13H19F3N2S. The highest BCUT2D eigenvalue weighted by molar-refractivity contribution is 7.12. The van der Waals surface area contributed by atoms with Gasteiger partial charge in [-0.3, -0.25) is 4.90 Å². The van der Waals surface area contributed by atoms with Gasteiger partial charge in [-0.1, -0.05) is 6.92 Å². The van der Waals surface area contributed by atoms with Crippen LogP contribution in [0.3, 0.4) is 0 Å². The number of piperidine rings is 1. The number of nitrogens with two attached hydrogens (primary N) is 1. The summed E-state index contributed by atoms with van der Waals surface area (Å²) < 4.78 is 37.7. The Morgan fingerprint density at radius 2 is 2.16 bits per heavy atom. The van der Waals surface area contributed by atoms with Crippen LogP contribution in [0.25, 0.3) is 0 Å². The molecule has 2 unspecified atom stereocenters. The highest BCUT2D eigenvalue weighted by Gasteiger charge is 2.33. The third-order valence-corrected chi connectivity index (χ3v) is 4.89. The molecule has 2 nitrogen and oxygen atoms in total. The van der Waals surface area contributed by atoms with Crippen molar-refractivity contribution in [2.45, 2.75) is 38.5 Å². The Labute approximate surface area is 115 Å². The van der Waals surface area contributed by atoms with Gasteiger partial charge in [0.25, 0.3) is 0 Å². The van der Waals surface area contributed by atoms with Gasteiger partial charge >= 0.3 is 6.18 Å². The van der Waals surface area contributed by atoms with Crippen LogP contribution in [-0.4, -0.2) is 24.0 Å². The number of hydrogen-bond acceptors (Lipinski definition) is 3. The maximum Gasteiger partial charge on any atom is 0.425 e. The molecule has 19 heavy (non-hydrogen) atoms. The summed E-state index contributed by atoms with van der Waals surface area (Å²) in [7, 11) is 0. The first kappa shape index (κ1) is 14.8. The average Bonchev–Trinajstić information content (AvgIpc) is 2.77. The monoisotopic (exact) mass is 292 g/mol. The second-order valence-corrected chi connectivity index (χ2v) is 6.33. The molecular weight excluding hydrogens is 273 g/mol. The third-order valence-electron chi connectivity index (χ3n) is 3.77. The molecule has 1 saturated heterocycles. The van der Waals surface area contributed by atoms with Crippen LogP contribution in [0.2, 0.25) is 0 Å². The van der Waals surface area contributed by atoms with Crippen molar-refractivity contribution < 1.29 is 13.2 Å². The van der Waals surface area contributed by atoms with Gasteiger partial charge < -0.3 is 5.73 Å². The molecule has 1 aliphatic rings. The normalized spacial score (nSPS) is 25.7. The molecule has 0 aromatic carbocycles. The van der Waals surface area contributed by atoms with Crippen LogP contribution in [0.4, 0.5) is 13.2 Å². The molecule has 1 aromatic rings. The van der Waals surface area contributed by atoms with E-state index >= 15 is 0 Å². The fourth-order valence-electron chi connectivity index (χ4n) is 2.73. The second kappa shape index (κ2) is 5.81. The van der Waals surface area contributed by atoms with Crippen LogP contribution in [0.1, 0.15) is 29.5 Å². The van der Waals surface area contributed by atoms with Crippen molar-refractivity contribution in [3.05, 3.63) is 21.9 Å². The zero-order chi connectivity index (χ0) is 14.0. The van der Waals surface area contributed by atoms with Gasteiger partial charge in [0.05, 0.1) is 0 Å².